The molecule has 112 valence electrons. The molecular weight excluding hydrogens is 330 g/mol. The Bertz CT molecular complexity index is 667. The van der Waals surface area contributed by atoms with Crippen LogP contribution in [0.5, 0.6) is 0 Å². The minimum Gasteiger partial charge on any atom is -0.369 e. The number of nitrogens with one attached hydrogen (secondary N) is 1. The summed E-state index contributed by atoms with van der Waals surface area (Å²) in [6.45, 7) is 0.987. The molecule has 5 nitrogen and oxygen atoms in total. The lowest BCUT2D eigenvalue weighted by atomic mass is 9.86. The second-order valence-corrected chi connectivity index (χ2v) is 7.24. The minimum atomic E-state index is 0.808. The molecule has 0 saturated heterocycles. The van der Waals surface area contributed by atoms with Crippen LogP contribution in [0.4, 0.5) is 5.82 Å². The van der Waals surface area contributed by atoms with E-state index in [0.29, 0.717) is 0 Å². The highest BCUT2D eigenvalue weighted by Crippen LogP contribution is 2.49. The van der Waals surface area contributed by atoms with Crippen molar-refractivity contribution in [3.63, 3.8) is 0 Å². The summed E-state index contributed by atoms with van der Waals surface area (Å²) in [6.07, 6.45) is 8.73. The van der Waals surface area contributed by atoms with Gasteiger partial charge in [0, 0.05) is 13.6 Å². The van der Waals surface area contributed by atoms with Crippen molar-refractivity contribution >= 4 is 32.8 Å². The maximum atomic E-state index is 4.39. The van der Waals surface area contributed by atoms with Crippen LogP contribution in [0, 0.1) is 17.8 Å². The molecule has 0 aromatic carbocycles. The number of aromatic nitrogens is 4. The highest BCUT2D eigenvalue weighted by Gasteiger charge is 2.38. The molecule has 2 aromatic rings. The summed E-state index contributed by atoms with van der Waals surface area (Å²) >= 11 is 3.50. The van der Waals surface area contributed by atoms with Crippen molar-refractivity contribution in [2.24, 2.45) is 24.8 Å². The van der Waals surface area contributed by atoms with Crippen LogP contribution in [0.25, 0.3) is 11.0 Å². The van der Waals surface area contributed by atoms with Crippen molar-refractivity contribution in [1.29, 1.82) is 0 Å². The number of fused-ring (bicyclic) bond motifs is 3. The molecule has 2 fully saturated rings. The Hall–Kier alpha value is -1.17. The molecule has 0 aliphatic heterocycles. The van der Waals surface area contributed by atoms with E-state index < -0.39 is 0 Å². The number of nitrogens with zero attached hydrogens (tertiary/aromatic N) is 4. The fourth-order valence-corrected chi connectivity index (χ4v) is 4.88. The number of anilines is 1. The van der Waals surface area contributed by atoms with E-state index in [4.69, 9.17) is 0 Å². The second kappa shape index (κ2) is 5.23. The van der Waals surface area contributed by atoms with Gasteiger partial charge in [0.2, 0.25) is 0 Å². The van der Waals surface area contributed by atoms with E-state index in [2.05, 4.69) is 36.3 Å². The molecule has 1 N–H and O–H groups in total. The van der Waals surface area contributed by atoms with Crippen molar-refractivity contribution < 1.29 is 0 Å². The van der Waals surface area contributed by atoms with E-state index in [-0.39, 0.29) is 0 Å². The van der Waals surface area contributed by atoms with Gasteiger partial charge in [-0.3, -0.25) is 0 Å². The molecule has 2 bridgehead atoms. The van der Waals surface area contributed by atoms with Crippen LogP contribution in [0.1, 0.15) is 32.1 Å². The van der Waals surface area contributed by atoms with Gasteiger partial charge in [-0.1, -0.05) is 6.42 Å². The molecule has 4 rings (SSSR count). The highest BCUT2D eigenvalue weighted by atomic mass is 79.9. The largest absolute Gasteiger partial charge is 0.369 e. The maximum absolute atomic E-state index is 4.39. The zero-order valence-corrected chi connectivity index (χ0v) is 13.8. The van der Waals surface area contributed by atoms with Crippen molar-refractivity contribution in [2.45, 2.75) is 32.1 Å². The third kappa shape index (κ3) is 2.33. The highest BCUT2D eigenvalue weighted by molar-refractivity contribution is 9.10. The Morgan fingerprint density at radius 2 is 2.24 bits per heavy atom. The summed E-state index contributed by atoms with van der Waals surface area (Å²) in [5, 5.41) is 8.83. The van der Waals surface area contributed by atoms with Crippen molar-refractivity contribution in [2.75, 3.05) is 11.9 Å². The molecule has 3 atom stereocenters. The SMILES string of the molecule is Cn1nc(Br)c2c(NCC[C@H]3C[C@H]4CC[C@H]3C4)ncnc21. The average Bonchev–Trinajstić information content (AvgIpc) is 3.15. The third-order valence-corrected chi connectivity index (χ3v) is 5.83. The van der Waals surface area contributed by atoms with Gasteiger partial charge >= 0.3 is 0 Å². The molecule has 21 heavy (non-hydrogen) atoms. The zero-order chi connectivity index (χ0) is 14.4. The van der Waals surface area contributed by atoms with Crippen LogP contribution in [0.2, 0.25) is 0 Å². The van der Waals surface area contributed by atoms with Crippen molar-refractivity contribution in [3.05, 3.63) is 10.9 Å². The molecular formula is C15H20BrN5. The van der Waals surface area contributed by atoms with E-state index in [0.717, 1.165) is 45.8 Å². The third-order valence-electron chi connectivity index (χ3n) is 5.27. The molecule has 2 saturated carbocycles. The monoisotopic (exact) mass is 349 g/mol. The number of hydrogen-bond acceptors (Lipinski definition) is 4. The second-order valence-electron chi connectivity index (χ2n) is 6.49. The number of aryl methyl sites for hydroxylation is 1. The van der Waals surface area contributed by atoms with E-state index in [1.165, 1.54) is 32.1 Å². The lowest BCUT2D eigenvalue weighted by molar-refractivity contribution is 0.321. The van der Waals surface area contributed by atoms with Crippen LogP contribution in [-0.4, -0.2) is 26.3 Å². The molecule has 0 amide bonds. The first kappa shape index (κ1) is 13.5. The van der Waals surface area contributed by atoms with Crippen molar-refractivity contribution in [1.82, 2.24) is 19.7 Å². The van der Waals surface area contributed by atoms with E-state index in [9.17, 15) is 0 Å². The predicted octanol–water partition coefficient (Wildman–Crippen LogP) is 3.36. The zero-order valence-electron chi connectivity index (χ0n) is 12.2. The number of halogens is 1. The van der Waals surface area contributed by atoms with E-state index in [1.54, 1.807) is 11.0 Å². The van der Waals surface area contributed by atoms with Gasteiger partial charge in [0.25, 0.3) is 0 Å². The molecule has 0 unspecified atom stereocenters. The predicted molar refractivity (Wildman–Crippen MR) is 86.0 cm³/mol. The fourth-order valence-electron chi connectivity index (χ4n) is 4.28. The van der Waals surface area contributed by atoms with E-state index in [1.807, 2.05) is 7.05 Å². The average molecular weight is 350 g/mol. The smallest absolute Gasteiger partial charge is 0.164 e. The maximum Gasteiger partial charge on any atom is 0.164 e. The van der Waals surface area contributed by atoms with Gasteiger partial charge in [0.1, 0.15) is 16.7 Å². The van der Waals surface area contributed by atoms with Gasteiger partial charge in [0.15, 0.2) is 5.65 Å². The lowest BCUT2D eigenvalue weighted by Crippen LogP contribution is -2.15. The molecule has 0 radical (unpaired) electrons. The van der Waals surface area contributed by atoms with E-state index >= 15 is 0 Å². The molecule has 0 spiro atoms. The number of rotatable bonds is 4. The van der Waals surface area contributed by atoms with Crippen LogP contribution in [0.15, 0.2) is 10.9 Å². The molecule has 2 heterocycles. The van der Waals surface area contributed by atoms with Gasteiger partial charge in [-0.05, 0) is 59.4 Å². The molecule has 6 heteroatoms. The first-order valence-electron chi connectivity index (χ1n) is 7.79. The first-order chi connectivity index (χ1) is 10.2. The molecule has 2 aliphatic rings. The topological polar surface area (TPSA) is 55.6 Å². The van der Waals surface area contributed by atoms with Crippen molar-refractivity contribution in [3.8, 4) is 0 Å². The van der Waals surface area contributed by atoms with Gasteiger partial charge in [-0.15, -0.1) is 0 Å². The lowest BCUT2D eigenvalue weighted by Gasteiger charge is -2.21. The standard InChI is InChI=1S/C15H20BrN5/c1-21-15-12(13(16)20-21)14(18-8-19-15)17-5-4-11-7-9-2-3-10(11)6-9/h8-11H,2-7H2,1H3,(H,17,18,19)/t9-,10-,11-/m0/s1. The summed E-state index contributed by atoms with van der Waals surface area (Å²) in [4.78, 5) is 8.69. The molecule has 2 aliphatic carbocycles. The minimum absolute atomic E-state index is 0.808. The van der Waals surface area contributed by atoms with Gasteiger partial charge in [0.05, 0.1) is 5.39 Å². The molecule has 2 aromatic heterocycles. The fraction of sp³-hybridized carbons (Fsp3) is 0.667. The quantitative estimate of drug-likeness (QED) is 0.919. The Balaban J connectivity index is 1.45. The van der Waals surface area contributed by atoms with Gasteiger partial charge in [-0.2, -0.15) is 5.10 Å². The Kier molecular flexibility index (Phi) is 3.36. The Morgan fingerprint density at radius 1 is 1.33 bits per heavy atom. The van der Waals surface area contributed by atoms with Crippen LogP contribution >= 0.6 is 15.9 Å². The van der Waals surface area contributed by atoms with Crippen LogP contribution < -0.4 is 5.32 Å². The number of hydrogen-bond donors (Lipinski definition) is 1. The summed E-state index contributed by atoms with van der Waals surface area (Å²) in [7, 11) is 1.90. The Morgan fingerprint density at radius 3 is 3.00 bits per heavy atom. The Labute approximate surface area is 132 Å². The normalized spacial score (nSPS) is 27.6. The van der Waals surface area contributed by atoms with Gasteiger partial charge < -0.3 is 5.32 Å². The summed E-state index contributed by atoms with van der Waals surface area (Å²) in [5.41, 5.74) is 0.860. The van der Waals surface area contributed by atoms with Gasteiger partial charge in [-0.25, -0.2) is 14.6 Å². The van der Waals surface area contributed by atoms with Crippen LogP contribution in [0.3, 0.4) is 0 Å². The summed E-state index contributed by atoms with van der Waals surface area (Å²) in [6, 6.07) is 0. The van der Waals surface area contributed by atoms with Crippen LogP contribution in [-0.2, 0) is 7.05 Å². The first-order valence-corrected chi connectivity index (χ1v) is 8.58. The summed E-state index contributed by atoms with van der Waals surface area (Å²) < 4.78 is 2.59. The summed E-state index contributed by atoms with van der Waals surface area (Å²) in [5.74, 6) is 3.83.